The fraction of sp³-hybridized carbons (Fsp3) is 0.250. The molecule has 0 atom stereocenters. The predicted octanol–water partition coefficient (Wildman–Crippen LogP) is 4.55. The van der Waals surface area contributed by atoms with Crippen LogP contribution < -0.4 is 5.32 Å². The Balaban J connectivity index is 1.27. The molecule has 4 aromatic heterocycles. The Labute approximate surface area is 222 Å². The summed E-state index contributed by atoms with van der Waals surface area (Å²) >= 11 is 0. The molecule has 0 bridgehead atoms. The van der Waals surface area contributed by atoms with E-state index in [1.165, 1.54) is 43.7 Å². The number of hydrogen-bond donors (Lipinski definition) is 1. The minimum absolute atomic E-state index is 0.139. The van der Waals surface area contributed by atoms with Gasteiger partial charge in [0.25, 0.3) is 5.91 Å². The number of nitrogens with zero attached hydrogens (tertiary/aromatic N) is 7. The molecule has 11 heteroatoms. The molecular weight excluding hydrogens is 502 g/mol. The normalized spacial score (nSPS) is 15.7. The number of aromatic nitrogens is 6. The molecule has 0 radical (unpaired) electrons. The van der Waals surface area contributed by atoms with E-state index >= 15 is 0 Å². The van der Waals surface area contributed by atoms with Crippen LogP contribution in [0.3, 0.4) is 0 Å². The van der Waals surface area contributed by atoms with E-state index in [9.17, 15) is 13.6 Å². The summed E-state index contributed by atoms with van der Waals surface area (Å²) in [6.45, 7) is 2.49. The molecule has 196 valence electrons. The van der Waals surface area contributed by atoms with Crippen LogP contribution in [0.25, 0.3) is 28.2 Å². The first kappa shape index (κ1) is 23.6. The highest BCUT2D eigenvalue weighted by atomic mass is 19.1. The number of benzene rings is 1. The highest BCUT2D eigenvalue weighted by Gasteiger charge is 2.32. The van der Waals surface area contributed by atoms with Gasteiger partial charge >= 0.3 is 0 Å². The molecule has 0 spiro atoms. The Bertz CT molecular complexity index is 1710. The van der Waals surface area contributed by atoms with Crippen molar-refractivity contribution in [2.75, 3.05) is 11.9 Å². The lowest BCUT2D eigenvalue weighted by Crippen LogP contribution is -2.44. The predicted molar refractivity (Wildman–Crippen MR) is 140 cm³/mol. The van der Waals surface area contributed by atoms with Gasteiger partial charge in [-0.25, -0.2) is 18.9 Å². The second kappa shape index (κ2) is 9.35. The Morgan fingerprint density at radius 3 is 2.62 bits per heavy atom. The maximum atomic E-state index is 13.7. The summed E-state index contributed by atoms with van der Waals surface area (Å²) in [6.07, 6.45) is 6.55. The zero-order valence-corrected chi connectivity index (χ0v) is 20.9. The van der Waals surface area contributed by atoms with E-state index < -0.39 is 11.9 Å². The molecule has 0 saturated heterocycles. The van der Waals surface area contributed by atoms with Crippen molar-refractivity contribution in [3.05, 3.63) is 83.9 Å². The summed E-state index contributed by atoms with van der Waals surface area (Å²) in [4.78, 5) is 23.0. The van der Waals surface area contributed by atoms with Gasteiger partial charge in [0.05, 0.1) is 29.7 Å². The van der Waals surface area contributed by atoms with Crippen molar-refractivity contribution in [1.29, 1.82) is 0 Å². The number of fused-ring (bicyclic) bond motifs is 2. The van der Waals surface area contributed by atoms with Crippen LogP contribution in [0.5, 0.6) is 0 Å². The van der Waals surface area contributed by atoms with Crippen LogP contribution in [0.2, 0.25) is 0 Å². The molecule has 39 heavy (non-hydrogen) atoms. The largest absolute Gasteiger partial charge is 0.305 e. The van der Waals surface area contributed by atoms with Crippen LogP contribution in [-0.4, -0.2) is 52.8 Å². The molecule has 1 amide bonds. The van der Waals surface area contributed by atoms with E-state index in [1.807, 2.05) is 16.8 Å². The Morgan fingerprint density at radius 1 is 1.00 bits per heavy atom. The third-order valence-electron chi connectivity index (χ3n) is 7.52. The first-order chi connectivity index (χ1) is 19.0. The summed E-state index contributed by atoms with van der Waals surface area (Å²) in [5, 5.41) is 12.5. The molecule has 7 rings (SSSR count). The molecule has 9 nitrogen and oxygen atoms in total. The Hall–Kier alpha value is -4.51. The van der Waals surface area contributed by atoms with E-state index in [4.69, 9.17) is 10.2 Å². The fourth-order valence-electron chi connectivity index (χ4n) is 5.29. The number of pyridine rings is 1. The Morgan fingerprint density at radius 2 is 1.85 bits per heavy atom. The number of amides is 1. The lowest BCUT2D eigenvalue weighted by atomic mass is 9.90. The van der Waals surface area contributed by atoms with Crippen molar-refractivity contribution < 1.29 is 13.6 Å². The second-order valence-corrected chi connectivity index (χ2v) is 9.92. The Kier molecular flexibility index (Phi) is 5.66. The van der Waals surface area contributed by atoms with Crippen molar-refractivity contribution in [3.63, 3.8) is 0 Å². The van der Waals surface area contributed by atoms with Crippen LogP contribution in [0, 0.1) is 11.8 Å². The summed E-state index contributed by atoms with van der Waals surface area (Å²) in [6, 6.07) is 13.2. The van der Waals surface area contributed by atoms with E-state index in [1.54, 1.807) is 22.8 Å². The minimum Gasteiger partial charge on any atom is -0.305 e. The number of anilines is 1. The maximum Gasteiger partial charge on any atom is 0.257 e. The van der Waals surface area contributed by atoms with Crippen LogP contribution in [-0.2, 0) is 13.1 Å². The van der Waals surface area contributed by atoms with Crippen LogP contribution in [0.1, 0.15) is 35.3 Å². The van der Waals surface area contributed by atoms with Crippen molar-refractivity contribution in [3.8, 4) is 22.5 Å². The number of imidazole rings is 1. The zero-order valence-electron chi connectivity index (χ0n) is 20.9. The van der Waals surface area contributed by atoms with Crippen molar-refractivity contribution in [2.45, 2.75) is 38.4 Å². The first-order valence-electron chi connectivity index (χ1n) is 12.9. The number of hydrogen-bond acceptors (Lipinski definition) is 6. The van der Waals surface area contributed by atoms with Gasteiger partial charge in [-0.3, -0.25) is 14.4 Å². The molecule has 1 aromatic carbocycles. The second-order valence-electron chi connectivity index (χ2n) is 9.92. The highest BCUT2D eigenvalue weighted by molar-refractivity contribution is 6.03. The van der Waals surface area contributed by atoms with Gasteiger partial charge in [0.1, 0.15) is 11.5 Å². The smallest absolute Gasteiger partial charge is 0.257 e. The molecule has 1 fully saturated rings. The third-order valence-corrected chi connectivity index (χ3v) is 7.52. The average Bonchev–Trinajstić information content (AvgIpc) is 3.48. The fourth-order valence-corrected chi connectivity index (χ4v) is 5.29. The summed E-state index contributed by atoms with van der Waals surface area (Å²) in [5.41, 5.74) is 4.92. The molecule has 5 aromatic rings. The topological polar surface area (TPSA) is 93.2 Å². The zero-order chi connectivity index (χ0) is 26.5. The molecule has 5 heterocycles. The van der Waals surface area contributed by atoms with Gasteiger partial charge in [0, 0.05) is 42.5 Å². The van der Waals surface area contributed by atoms with Gasteiger partial charge < -0.3 is 5.32 Å². The third kappa shape index (κ3) is 4.34. The van der Waals surface area contributed by atoms with Gasteiger partial charge in [-0.2, -0.15) is 14.6 Å². The van der Waals surface area contributed by atoms with Gasteiger partial charge in [-0.05, 0) is 55.3 Å². The molecule has 0 unspecified atom stereocenters. The number of nitrogens with one attached hydrogen (secondary N) is 1. The van der Waals surface area contributed by atoms with Crippen LogP contribution >= 0.6 is 0 Å². The van der Waals surface area contributed by atoms with Crippen molar-refractivity contribution >= 4 is 17.4 Å². The summed E-state index contributed by atoms with van der Waals surface area (Å²) < 4.78 is 30.8. The minimum atomic E-state index is -0.735. The quantitative estimate of drug-likeness (QED) is 0.338. The molecule has 1 aliphatic carbocycles. The van der Waals surface area contributed by atoms with Gasteiger partial charge in [0.15, 0.2) is 11.5 Å². The summed E-state index contributed by atoms with van der Waals surface area (Å²) in [5.74, 6) is -1.25. The lowest BCUT2D eigenvalue weighted by molar-refractivity contribution is 0.0949. The highest BCUT2D eigenvalue weighted by Crippen LogP contribution is 2.37. The monoisotopic (exact) mass is 526 g/mol. The van der Waals surface area contributed by atoms with Crippen molar-refractivity contribution in [1.82, 2.24) is 34.3 Å². The van der Waals surface area contributed by atoms with E-state index in [-0.39, 0.29) is 17.2 Å². The first-order valence-corrected chi connectivity index (χ1v) is 12.9. The van der Waals surface area contributed by atoms with Crippen LogP contribution in [0.4, 0.5) is 14.6 Å². The van der Waals surface area contributed by atoms with E-state index in [2.05, 4.69) is 20.2 Å². The van der Waals surface area contributed by atoms with Gasteiger partial charge in [-0.1, -0.05) is 6.42 Å². The van der Waals surface area contributed by atoms with Crippen LogP contribution in [0.15, 0.2) is 60.9 Å². The lowest BCUT2D eigenvalue weighted by Gasteiger charge is -2.40. The molecular formula is C28H24F2N8O. The molecule has 1 aliphatic heterocycles. The average molecular weight is 527 g/mol. The SMILES string of the molecule is O=C(Nc1cn2nc(-c3c(-c4ccc(F)cc4)nn4c3CN(C3CCC3)CC4)ccc2n1)c1ccnc(F)c1. The van der Waals surface area contributed by atoms with Gasteiger partial charge in [0.2, 0.25) is 5.95 Å². The molecule has 1 N–H and O–H groups in total. The molecule has 2 aliphatic rings. The van der Waals surface area contributed by atoms with Gasteiger partial charge in [-0.15, -0.1) is 0 Å². The number of rotatable bonds is 5. The number of carbonyl (C=O) groups excluding carboxylic acids is 1. The van der Waals surface area contributed by atoms with E-state index in [0.29, 0.717) is 17.4 Å². The maximum absolute atomic E-state index is 13.7. The van der Waals surface area contributed by atoms with Crippen molar-refractivity contribution in [2.24, 2.45) is 0 Å². The standard InChI is InChI=1S/C28H24F2N8O/c29-19-6-4-17(5-7-19)27-26(22-15-36(20-2-1-3-20)12-13-37(22)35-27)21-8-9-25-32-24(16-38(25)34-21)33-28(39)18-10-11-31-23(30)14-18/h4-11,14,16,20H,1-3,12-13,15H2,(H,33,39). The van der Waals surface area contributed by atoms with E-state index in [0.717, 1.165) is 48.2 Å². The summed E-state index contributed by atoms with van der Waals surface area (Å²) in [7, 11) is 0. The number of halogens is 2. The molecule has 1 saturated carbocycles. The number of carbonyl (C=O) groups is 1.